The summed E-state index contributed by atoms with van der Waals surface area (Å²) in [6, 6.07) is 0.285. The van der Waals surface area contributed by atoms with E-state index >= 15 is 0 Å². The Morgan fingerprint density at radius 1 is 1.50 bits per heavy atom. The molecule has 2 aliphatic heterocycles. The van der Waals surface area contributed by atoms with Crippen LogP contribution < -0.4 is 0 Å². The van der Waals surface area contributed by atoms with E-state index in [1.165, 1.54) is 0 Å². The van der Waals surface area contributed by atoms with E-state index in [0.29, 0.717) is 19.8 Å². The third kappa shape index (κ3) is 1.94. The van der Waals surface area contributed by atoms with Gasteiger partial charge in [0.15, 0.2) is 0 Å². The van der Waals surface area contributed by atoms with Crippen LogP contribution in [0.15, 0.2) is 0 Å². The highest BCUT2D eigenvalue weighted by Crippen LogP contribution is 2.34. The number of halogens is 1. The standard InChI is InChI=1S/C11H18FNO3/c1-8-6-13(7-11(8,12)10(14)15)9-2-4-16-5-3-9/h8-9H,2-7H2,1H3,(H,14,15)/t8-,11+/m1/s1. The van der Waals surface area contributed by atoms with Gasteiger partial charge in [-0.25, -0.2) is 9.18 Å². The molecule has 92 valence electrons. The monoisotopic (exact) mass is 231 g/mol. The minimum Gasteiger partial charge on any atom is -0.479 e. The number of hydrogen-bond donors (Lipinski definition) is 1. The molecule has 0 aromatic carbocycles. The molecule has 2 atom stereocenters. The van der Waals surface area contributed by atoms with E-state index in [-0.39, 0.29) is 12.6 Å². The lowest BCUT2D eigenvalue weighted by Crippen LogP contribution is -2.43. The molecule has 2 heterocycles. The molecule has 16 heavy (non-hydrogen) atoms. The van der Waals surface area contributed by atoms with Crippen molar-refractivity contribution in [2.75, 3.05) is 26.3 Å². The maximum atomic E-state index is 14.2. The zero-order chi connectivity index (χ0) is 11.8. The van der Waals surface area contributed by atoms with Crippen LogP contribution in [0.4, 0.5) is 4.39 Å². The summed E-state index contributed by atoms with van der Waals surface area (Å²) in [5.41, 5.74) is -2.07. The summed E-state index contributed by atoms with van der Waals surface area (Å²) < 4.78 is 19.4. The van der Waals surface area contributed by atoms with E-state index in [2.05, 4.69) is 0 Å². The van der Waals surface area contributed by atoms with Crippen LogP contribution in [0.25, 0.3) is 0 Å². The molecule has 0 radical (unpaired) electrons. The second-order valence-corrected chi connectivity index (χ2v) is 4.84. The molecule has 0 aromatic heterocycles. The SMILES string of the molecule is C[C@@H]1CN(C2CCOCC2)C[C@@]1(F)C(=O)O. The van der Waals surface area contributed by atoms with Gasteiger partial charge in [0.05, 0.1) is 0 Å². The lowest BCUT2D eigenvalue weighted by Gasteiger charge is -2.31. The van der Waals surface area contributed by atoms with Gasteiger partial charge in [-0.15, -0.1) is 0 Å². The fraction of sp³-hybridized carbons (Fsp3) is 0.909. The first-order valence-electron chi connectivity index (χ1n) is 5.78. The number of aliphatic carboxylic acids is 1. The second-order valence-electron chi connectivity index (χ2n) is 4.84. The van der Waals surface area contributed by atoms with Gasteiger partial charge < -0.3 is 9.84 Å². The quantitative estimate of drug-likeness (QED) is 0.767. The first kappa shape index (κ1) is 11.8. The van der Waals surface area contributed by atoms with Crippen molar-refractivity contribution in [2.45, 2.75) is 31.5 Å². The predicted molar refractivity (Wildman–Crippen MR) is 56.1 cm³/mol. The number of carbonyl (C=O) groups is 1. The summed E-state index contributed by atoms with van der Waals surface area (Å²) in [5, 5.41) is 8.93. The van der Waals surface area contributed by atoms with Crippen molar-refractivity contribution in [1.29, 1.82) is 0 Å². The highest BCUT2D eigenvalue weighted by molar-refractivity contribution is 5.78. The molecule has 0 bridgehead atoms. The van der Waals surface area contributed by atoms with Gasteiger partial charge in [-0.1, -0.05) is 6.92 Å². The number of ether oxygens (including phenoxy) is 1. The molecule has 2 fully saturated rings. The van der Waals surface area contributed by atoms with Crippen LogP contribution in [0.2, 0.25) is 0 Å². The number of carboxylic acids is 1. The smallest absolute Gasteiger partial charge is 0.343 e. The molecule has 2 rings (SSSR count). The first-order valence-corrected chi connectivity index (χ1v) is 5.78. The molecule has 0 unspecified atom stereocenters. The van der Waals surface area contributed by atoms with Crippen molar-refractivity contribution in [2.24, 2.45) is 5.92 Å². The van der Waals surface area contributed by atoms with E-state index in [1.807, 2.05) is 4.90 Å². The summed E-state index contributed by atoms with van der Waals surface area (Å²) in [6.45, 7) is 3.62. The Kier molecular flexibility index (Phi) is 3.17. The van der Waals surface area contributed by atoms with Crippen LogP contribution in [0, 0.1) is 5.92 Å². The fourth-order valence-electron chi connectivity index (χ4n) is 2.62. The Labute approximate surface area is 94.4 Å². The minimum absolute atomic E-state index is 0.0220. The Bertz CT molecular complexity index is 280. The summed E-state index contributed by atoms with van der Waals surface area (Å²) >= 11 is 0. The van der Waals surface area contributed by atoms with Gasteiger partial charge in [0.25, 0.3) is 0 Å². The second kappa shape index (κ2) is 4.30. The number of likely N-dealkylation sites (tertiary alicyclic amines) is 1. The number of alkyl halides is 1. The van der Waals surface area contributed by atoms with Gasteiger partial charge in [0, 0.05) is 38.3 Å². The third-order valence-corrected chi connectivity index (χ3v) is 3.79. The zero-order valence-corrected chi connectivity index (χ0v) is 9.49. The van der Waals surface area contributed by atoms with Gasteiger partial charge in [-0.05, 0) is 12.8 Å². The molecule has 5 heteroatoms. The van der Waals surface area contributed by atoms with E-state index in [4.69, 9.17) is 9.84 Å². The molecular formula is C11H18FNO3. The van der Waals surface area contributed by atoms with Crippen molar-refractivity contribution < 1.29 is 19.0 Å². The van der Waals surface area contributed by atoms with Crippen molar-refractivity contribution in [3.8, 4) is 0 Å². The van der Waals surface area contributed by atoms with Crippen molar-refractivity contribution >= 4 is 5.97 Å². The van der Waals surface area contributed by atoms with Crippen LogP contribution >= 0.6 is 0 Å². The molecule has 0 aromatic rings. The molecule has 0 spiro atoms. The number of rotatable bonds is 2. The molecule has 4 nitrogen and oxygen atoms in total. The largest absolute Gasteiger partial charge is 0.479 e. The maximum absolute atomic E-state index is 14.2. The van der Waals surface area contributed by atoms with Crippen LogP contribution in [-0.4, -0.2) is 54.0 Å². The van der Waals surface area contributed by atoms with Crippen LogP contribution in [-0.2, 0) is 9.53 Å². The van der Waals surface area contributed by atoms with Crippen molar-refractivity contribution in [1.82, 2.24) is 4.90 Å². The Morgan fingerprint density at radius 3 is 2.62 bits per heavy atom. The fourth-order valence-corrected chi connectivity index (χ4v) is 2.62. The molecule has 0 aliphatic carbocycles. The zero-order valence-electron chi connectivity index (χ0n) is 9.49. The number of hydrogen-bond acceptors (Lipinski definition) is 3. The van der Waals surface area contributed by atoms with Crippen LogP contribution in [0.5, 0.6) is 0 Å². The molecule has 0 saturated carbocycles. The predicted octanol–water partition coefficient (Wildman–Crippen LogP) is 0.910. The number of nitrogens with zero attached hydrogens (tertiary/aromatic N) is 1. The average Bonchev–Trinajstić information content (AvgIpc) is 2.58. The van der Waals surface area contributed by atoms with E-state index in [0.717, 1.165) is 12.8 Å². The van der Waals surface area contributed by atoms with Gasteiger partial charge in [0.1, 0.15) is 0 Å². The van der Waals surface area contributed by atoms with Gasteiger partial charge in [-0.3, -0.25) is 4.90 Å². The Morgan fingerprint density at radius 2 is 2.12 bits per heavy atom. The van der Waals surface area contributed by atoms with E-state index in [9.17, 15) is 9.18 Å². The molecule has 2 saturated heterocycles. The summed E-state index contributed by atoms with van der Waals surface area (Å²) in [7, 11) is 0. The van der Waals surface area contributed by atoms with Gasteiger partial charge >= 0.3 is 5.97 Å². The van der Waals surface area contributed by atoms with Crippen molar-refractivity contribution in [3.05, 3.63) is 0 Å². The highest BCUT2D eigenvalue weighted by Gasteiger charge is 2.52. The topological polar surface area (TPSA) is 49.8 Å². The van der Waals surface area contributed by atoms with Crippen molar-refractivity contribution in [3.63, 3.8) is 0 Å². The highest BCUT2D eigenvalue weighted by atomic mass is 19.1. The lowest BCUT2D eigenvalue weighted by molar-refractivity contribution is -0.152. The Hall–Kier alpha value is -0.680. The summed E-state index contributed by atoms with van der Waals surface area (Å²) in [6.07, 6.45) is 1.75. The maximum Gasteiger partial charge on any atom is 0.343 e. The third-order valence-electron chi connectivity index (χ3n) is 3.79. The molecular weight excluding hydrogens is 213 g/mol. The number of carboxylic acid groups (broad SMARTS) is 1. The lowest BCUT2D eigenvalue weighted by atomic mass is 9.95. The van der Waals surface area contributed by atoms with E-state index in [1.54, 1.807) is 6.92 Å². The normalized spacial score (nSPS) is 37.8. The Balaban J connectivity index is 2.02. The van der Waals surface area contributed by atoms with Gasteiger partial charge in [-0.2, -0.15) is 0 Å². The average molecular weight is 231 g/mol. The molecule has 2 aliphatic rings. The molecule has 1 N–H and O–H groups in total. The van der Waals surface area contributed by atoms with Crippen LogP contribution in [0.1, 0.15) is 19.8 Å². The van der Waals surface area contributed by atoms with E-state index < -0.39 is 17.6 Å². The van der Waals surface area contributed by atoms with Gasteiger partial charge in [0.2, 0.25) is 5.67 Å². The van der Waals surface area contributed by atoms with Crippen LogP contribution in [0.3, 0.4) is 0 Å². The first-order chi connectivity index (χ1) is 7.54. The summed E-state index contributed by atoms with van der Waals surface area (Å²) in [4.78, 5) is 12.9. The minimum atomic E-state index is -2.07. The molecule has 0 amide bonds. The summed E-state index contributed by atoms with van der Waals surface area (Å²) in [5.74, 6) is -1.76.